The van der Waals surface area contributed by atoms with Crippen LogP contribution in [0.3, 0.4) is 0 Å². The fraction of sp³-hybridized carbons (Fsp3) is 0.588. The summed E-state index contributed by atoms with van der Waals surface area (Å²) in [5, 5.41) is 0. The molecule has 2 heterocycles. The molecule has 0 aliphatic carbocycles. The molecule has 6 heteroatoms. The van der Waals surface area contributed by atoms with Crippen molar-refractivity contribution in [1.82, 2.24) is 9.80 Å². The lowest BCUT2D eigenvalue weighted by Gasteiger charge is -2.43. The minimum Gasteiger partial charge on any atom is -0.369 e. The lowest BCUT2D eigenvalue weighted by molar-refractivity contribution is -0.131. The number of rotatable bonds is 3. The Morgan fingerprint density at radius 3 is 2.48 bits per heavy atom. The standard InChI is InChI=1S/C17H25FN4O/c18-14-3-5-15(6-4-14)20-8-10-21(11-9-20)16-2-1-7-22(13-16)17(23)12-19/h3-6,16H,1-2,7-13,19H2/t16-/m0/s1. The molecule has 23 heavy (non-hydrogen) atoms. The lowest BCUT2D eigenvalue weighted by atomic mass is 10.0. The first kappa shape index (κ1) is 16.2. The van der Waals surface area contributed by atoms with Crippen LogP contribution in [0.25, 0.3) is 0 Å². The third-order valence-electron chi connectivity index (χ3n) is 4.95. The number of nitrogens with zero attached hydrogens (tertiary/aromatic N) is 3. The van der Waals surface area contributed by atoms with Crippen LogP contribution >= 0.6 is 0 Å². The van der Waals surface area contributed by atoms with E-state index in [0.717, 1.165) is 57.8 Å². The third kappa shape index (κ3) is 3.82. The Labute approximate surface area is 136 Å². The highest BCUT2D eigenvalue weighted by atomic mass is 19.1. The van der Waals surface area contributed by atoms with Crippen LogP contribution in [0.1, 0.15) is 12.8 Å². The molecule has 1 aromatic carbocycles. The molecule has 1 atom stereocenters. The van der Waals surface area contributed by atoms with Crippen molar-refractivity contribution in [3.63, 3.8) is 0 Å². The zero-order valence-electron chi connectivity index (χ0n) is 13.5. The van der Waals surface area contributed by atoms with E-state index >= 15 is 0 Å². The Balaban J connectivity index is 1.54. The summed E-state index contributed by atoms with van der Waals surface area (Å²) in [5.74, 6) is -0.140. The second kappa shape index (κ2) is 7.27. The van der Waals surface area contributed by atoms with Crippen LogP contribution in [0, 0.1) is 5.82 Å². The number of hydrogen-bond acceptors (Lipinski definition) is 4. The van der Waals surface area contributed by atoms with Gasteiger partial charge in [-0.25, -0.2) is 4.39 Å². The van der Waals surface area contributed by atoms with E-state index in [4.69, 9.17) is 5.73 Å². The fourth-order valence-electron chi connectivity index (χ4n) is 3.61. The van der Waals surface area contributed by atoms with Crippen molar-refractivity contribution >= 4 is 11.6 Å². The fourth-order valence-corrected chi connectivity index (χ4v) is 3.61. The van der Waals surface area contributed by atoms with E-state index in [1.807, 2.05) is 17.0 Å². The molecule has 0 bridgehead atoms. The number of halogens is 1. The lowest BCUT2D eigenvalue weighted by Crippen LogP contribution is -2.56. The van der Waals surface area contributed by atoms with Crippen molar-refractivity contribution < 1.29 is 9.18 Å². The van der Waals surface area contributed by atoms with E-state index in [-0.39, 0.29) is 18.3 Å². The van der Waals surface area contributed by atoms with Crippen molar-refractivity contribution in [2.24, 2.45) is 5.73 Å². The predicted molar refractivity (Wildman–Crippen MR) is 88.8 cm³/mol. The van der Waals surface area contributed by atoms with Crippen molar-refractivity contribution in [2.45, 2.75) is 18.9 Å². The minimum absolute atomic E-state index is 0.0552. The molecule has 126 valence electrons. The van der Waals surface area contributed by atoms with Crippen LogP contribution in [-0.4, -0.2) is 67.6 Å². The zero-order valence-corrected chi connectivity index (χ0v) is 13.5. The summed E-state index contributed by atoms with van der Waals surface area (Å²) < 4.78 is 13.0. The number of hydrogen-bond donors (Lipinski definition) is 1. The molecule has 0 radical (unpaired) electrons. The first-order valence-electron chi connectivity index (χ1n) is 8.40. The molecule has 0 saturated carbocycles. The summed E-state index contributed by atoms with van der Waals surface area (Å²) in [6, 6.07) is 7.15. The molecule has 2 fully saturated rings. The molecule has 2 saturated heterocycles. The van der Waals surface area contributed by atoms with E-state index in [2.05, 4.69) is 9.80 Å². The molecule has 0 aromatic heterocycles. The van der Waals surface area contributed by atoms with Crippen molar-refractivity contribution in [2.75, 3.05) is 50.7 Å². The van der Waals surface area contributed by atoms with E-state index < -0.39 is 0 Å². The maximum absolute atomic E-state index is 13.0. The number of amides is 1. The van der Waals surface area contributed by atoms with Gasteiger partial charge < -0.3 is 15.5 Å². The Morgan fingerprint density at radius 1 is 1.13 bits per heavy atom. The van der Waals surface area contributed by atoms with Crippen molar-refractivity contribution in [1.29, 1.82) is 0 Å². The summed E-state index contributed by atoms with van der Waals surface area (Å²) in [5.41, 5.74) is 6.56. The van der Waals surface area contributed by atoms with Crippen LogP contribution in [0.4, 0.5) is 10.1 Å². The van der Waals surface area contributed by atoms with Gasteiger partial charge in [0, 0.05) is 51.0 Å². The summed E-state index contributed by atoms with van der Waals surface area (Å²) in [6.07, 6.45) is 2.19. The number of benzene rings is 1. The Morgan fingerprint density at radius 2 is 1.83 bits per heavy atom. The molecule has 2 aliphatic rings. The molecule has 2 N–H and O–H groups in total. The number of carbonyl (C=O) groups excluding carboxylic acids is 1. The monoisotopic (exact) mass is 320 g/mol. The zero-order chi connectivity index (χ0) is 16.2. The van der Waals surface area contributed by atoms with Gasteiger partial charge in [0.05, 0.1) is 6.54 Å². The van der Waals surface area contributed by atoms with Gasteiger partial charge >= 0.3 is 0 Å². The molecule has 0 unspecified atom stereocenters. The second-order valence-corrected chi connectivity index (χ2v) is 6.34. The van der Waals surface area contributed by atoms with Gasteiger partial charge in [0.25, 0.3) is 0 Å². The number of anilines is 1. The quantitative estimate of drug-likeness (QED) is 0.899. The number of nitrogens with two attached hydrogens (primary N) is 1. The normalized spacial score (nSPS) is 23.1. The highest BCUT2D eigenvalue weighted by Gasteiger charge is 2.29. The topological polar surface area (TPSA) is 52.8 Å². The van der Waals surface area contributed by atoms with Crippen LogP contribution in [0.5, 0.6) is 0 Å². The minimum atomic E-state index is -0.195. The van der Waals surface area contributed by atoms with Gasteiger partial charge in [-0.15, -0.1) is 0 Å². The second-order valence-electron chi connectivity index (χ2n) is 6.34. The molecule has 3 rings (SSSR count). The summed E-state index contributed by atoms with van der Waals surface area (Å²) in [7, 11) is 0. The van der Waals surface area contributed by atoms with Gasteiger partial charge in [-0.1, -0.05) is 0 Å². The Kier molecular flexibility index (Phi) is 5.13. The third-order valence-corrected chi connectivity index (χ3v) is 4.95. The molecule has 0 spiro atoms. The van der Waals surface area contributed by atoms with Crippen LogP contribution < -0.4 is 10.6 Å². The van der Waals surface area contributed by atoms with Crippen molar-refractivity contribution in [3.05, 3.63) is 30.1 Å². The smallest absolute Gasteiger partial charge is 0.236 e. The average Bonchev–Trinajstić information content (AvgIpc) is 2.62. The van der Waals surface area contributed by atoms with Crippen molar-refractivity contribution in [3.8, 4) is 0 Å². The maximum Gasteiger partial charge on any atom is 0.236 e. The highest BCUT2D eigenvalue weighted by Crippen LogP contribution is 2.21. The predicted octanol–water partition coefficient (Wildman–Crippen LogP) is 0.897. The van der Waals surface area contributed by atoms with Gasteiger partial charge in [-0.05, 0) is 37.1 Å². The molecule has 2 aliphatic heterocycles. The number of piperidine rings is 1. The van der Waals surface area contributed by atoms with Crippen LogP contribution in [0.15, 0.2) is 24.3 Å². The van der Waals surface area contributed by atoms with E-state index in [1.54, 1.807) is 0 Å². The summed E-state index contributed by atoms with van der Waals surface area (Å²) in [6.45, 7) is 5.57. The Hall–Kier alpha value is -1.66. The average molecular weight is 320 g/mol. The molecular formula is C17H25FN4O. The number of piperazine rings is 1. The van der Waals surface area contributed by atoms with Gasteiger partial charge in [0.1, 0.15) is 5.82 Å². The van der Waals surface area contributed by atoms with Crippen LogP contribution in [-0.2, 0) is 4.79 Å². The maximum atomic E-state index is 13.0. The van der Waals surface area contributed by atoms with Gasteiger partial charge in [0.15, 0.2) is 0 Å². The molecule has 5 nitrogen and oxygen atoms in total. The van der Waals surface area contributed by atoms with E-state index in [0.29, 0.717) is 6.04 Å². The number of carbonyl (C=O) groups is 1. The largest absolute Gasteiger partial charge is 0.369 e. The Bertz CT molecular complexity index is 528. The van der Waals surface area contributed by atoms with Gasteiger partial charge in [-0.3, -0.25) is 9.69 Å². The number of likely N-dealkylation sites (tertiary alicyclic amines) is 1. The SMILES string of the molecule is NCC(=O)N1CCC[C@H](N2CCN(c3ccc(F)cc3)CC2)C1. The molecular weight excluding hydrogens is 295 g/mol. The van der Waals surface area contributed by atoms with Gasteiger partial charge in [0.2, 0.25) is 5.91 Å². The first-order valence-corrected chi connectivity index (χ1v) is 8.40. The molecule has 1 amide bonds. The summed E-state index contributed by atoms with van der Waals surface area (Å²) >= 11 is 0. The molecule has 1 aromatic rings. The van der Waals surface area contributed by atoms with E-state index in [9.17, 15) is 9.18 Å². The van der Waals surface area contributed by atoms with Gasteiger partial charge in [-0.2, -0.15) is 0 Å². The van der Waals surface area contributed by atoms with E-state index in [1.165, 1.54) is 12.1 Å². The summed E-state index contributed by atoms with van der Waals surface area (Å²) in [4.78, 5) is 18.5. The first-order chi connectivity index (χ1) is 11.2. The highest BCUT2D eigenvalue weighted by molar-refractivity contribution is 5.78. The van der Waals surface area contributed by atoms with Crippen LogP contribution in [0.2, 0.25) is 0 Å².